The molecule has 4 aromatic carbocycles. The van der Waals surface area contributed by atoms with E-state index < -0.39 is 0 Å². The van der Waals surface area contributed by atoms with Gasteiger partial charge in [-0.15, -0.1) is 0 Å². The fourth-order valence-electron chi connectivity index (χ4n) is 4.18. The largest absolute Gasteiger partial charge is 0.292 e. The first kappa shape index (κ1) is 21.0. The number of nitrogens with zero attached hydrogens (tertiary/aromatic N) is 2. The second kappa shape index (κ2) is 8.55. The van der Waals surface area contributed by atoms with Crippen LogP contribution < -0.4 is 0 Å². The minimum Gasteiger partial charge on any atom is -0.292 e. The van der Waals surface area contributed by atoms with E-state index in [9.17, 15) is 0 Å². The maximum atomic E-state index is 4.88. The van der Waals surface area contributed by atoms with E-state index in [4.69, 9.17) is 4.98 Å². The van der Waals surface area contributed by atoms with Gasteiger partial charge in [0, 0.05) is 16.8 Å². The molecule has 0 aliphatic rings. The lowest BCUT2D eigenvalue weighted by atomic mass is 9.86. The molecule has 0 radical (unpaired) electrons. The first-order valence-electron chi connectivity index (χ1n) is 11.4. The number of benzene rings is 4. The molecule has 0 N–H and O–H groups in total. The van der Waals surface area contributed by atoms with Gasteiger partial charge in [0.15, 0.2) is 0 Å². The monoisotopic (exact) mass is 428 g/mol. The average Bonchev–Trinajstić information content (AvgIpc) is 3.30. The lowest BCUT2D eigenvalue weighted by Gasteiger charge is -2.19. The molecular formula is C31H28N2. The van der Waals surface area contributed by atoms with Gasteiger partial charge < -0.3 is 0 Å². The zero-order valence-corrected chi connectivity index (χ0v) is 19.4. The first-order valence-corrected chi connectivity index (χ1v) is 11.4. The van der Waals surface area contributed by atoms with E-state index in [1.54, 1.807) is 0 Å². The summed E-state index contributed by atoms with van der Waals surface area (Å²) >= 11 is 0. The predicted molar refractivity (Wildman–Crippen MR) is 139 cm³/mol. The van der Waals surface area contributed by atoms with Crippen molar-refractivity contribution in [3.05, 3.63) is 121 Å². The molecule has 5 aromatic rings. The average molecular weight is 429 g/mol. The molecule has 1 heterocycles. The Hall–Kier alpha value is -3.91. The highest BCUT2D eigenvalue weighted by molar-refractivity contribution is 5.72. The highest BCUT2D eigenvalue weighted by Gasteiger charge is 2.17. The summed E-state index contributed by atoms with van der Waals surface area (Å²) in [7, 11) is 0. The molecule has 0 spiro atoms. The fraction of sp³-hybridized carbons (Fsp3) is 0.129. The van der Waals surface area contributed by atoms with Crippen molar-refractivity contribution in [1.29, 1.82) is 0 Å². The van der Waals surface area contributed by atoms with Gasteiger partial charge in [-0.2, -0.15) is 0 Å². The van der Waals surface area contributed by atoms with Crippen molar-refractivity contribution in [2.24, 2.45) is 0 Å². The SMILES string of the molecule is CC(C)(C)c1ccc(-c2cnc(-c3ccc(-c4ccccc4)cc3)n2-c2ccccc2)cc1. The van der Waals surface area contributed by atoms with Crippen molar-refractivity contribution in [1.82, 2.24) is 9.55 Å². The van der Waals surface area contributed by atoms with E-state index in [0.717, 1.165) is 28.3 Å². The molecule has 5 rings (SSSR count). The zero-order chi connectivity index (χ0) is 22.8. The Morgan fingerprint density at radius 1 is 0.545 bits per heavy atom. The maximum Gasteiger partial charge on any atom is 0.144 e. The highest BCUT2D eigenvalue weighted by Crippen LogP contribution is 2.33. The zero-order valence-electron chi connectivity index (χ0n) is 19.4. The topological polar surface area (TPSA) is 17.8 Å². The van der Waals surface area contributed by atoms with Crippen LogP contribution in [0.3, 0.4) is 0 Å². The van der Waals surface area contributed by atoms with Gasteiger partial charge >= 0.3 is 0 Å². The third kappa shape index (κ3) is 4.25. The molecule has 1 aromatic heterocycles. The van der Waals surface area contributed by atoms with Crippen LogP contribution in [-0.2, 0) is 5.41 Å². The van der Waals surface area contributed by atoms with Crippen molar-refractivity contribution in [3.63, 3.8) is 0 Å². The van der Waals surface area contributed by atoms with E-state index in [0.29, 0.717) is 0 Å². The molecule has 0 aliphatic heterocycles. The summed E-state index contributed by atoms with van der Waals surface area (Å²) in [6, 6.07) is 38.5. The van der Waals surface area contributed by atoms with Crippen LogP contribution in [0.15, 0.2) is 115 Å². The molecule has 0 bridgehead atoms. The molecule has 0 unspecified atom stereocenters. The second-order valence-electron chi connectivity index (χ2n) is 9.41. The lowest BCUT2D eigenvalue weighted by Crippen LogP contribution is -2.10. The molecule has 0 aliphatic carbocycles. The van der Waals surface area contributed by atoms with Crippen LogP contribution >= 0.6 is 0 Å². The van der Waals surface area contributed by atoms with E-state index in [-0.39, 0.29) is 5.41 Å². The summed E-state index contributed by atoms with van der Waals surface area (Å²) in [5, 5.41) is 0. The molecule has 0 fully saturated rings. The van der Waals surface area contributed by atoms with Crippen molar-refractivity contribution in [2.75, 3.05) is 0 Å². The normalized spacial score (nSPS) is 11.5. The summed E-state index contributed by atoms with van der Waals surface area (Å²) in [6.45, 7) is 6.73. The Labute approximate surface area is 196 Å². The fourth-order valence-corrected chi connectivity index (χ4v) is 4.18. The molecule has 0 saturated carbocycles. The third-order valence-electron chi connectivity index (χ3n) is 6.07. The van der Waals surface area contributed by atoms with Crippen LogP contribution in [-0.4, -0.2) is 9.55 Å². The van der Waals surface area contributed by atoms with E-state index >= 15 is 0 Å². The van der Waals surface area contributed by atoms with Gasteiger partial charge in [-0.1, -0.05) is 118 Å². The molecule has 0 amide bonds. The minimum atomic E-state index is 0.129. The van der Waals surface area contributed by atoms with Gasteiger partial charge in [0.05, 0.1) is 11.9 Å². The number of aromatic nitrogens is 2. The van der Waals surface area contributed by atoms with Crippen LogP contribution in [0.2, 0.25) is 0 Å². The standard InChI is InChI=1S/C31H28N2/c1-31(2,3)27-20-18-25(19-21-27)29-22-32-30(33(29)28-12-8-5-9-13-28)26-16-14-24(15-17-26)23-10-6-4-7-11-23/h4-22H,1-3H3. The van der Waals surface area contributed by atoms with E-state index in [2.05, 4.69) is 122 Å². The number of hydrogen-bond donors (Lipinski definition) is 0. The number of hydrogen-bond acceptors (Lipinski definition) is 1. The van der Waals surface area contributed by atoms with Crippen molar-refractivity contribution in [3.8, 4) is 39.5 Å². The molecule has 0 atom stereocenters. The van der Waals surface area contributed by atoms with E-state index in [1.807, 2.05) is 18.3 Å². The Morgan fingerprint density at radius 3 is 1.67 bits per heavy atom. The second-order valence-corrected chi connectivity index (χ2v) is 9.41. The van der Waals surface area contributed by atoms with Crippen LogP contribution in [0.1, 0.15) is 26.3 Å². The van der Waals surface area contributed by atoms with Crippen LogP contribution in [0.4, 0.5) is 0 Å². The van der Waals surface area contributed by atoms with Gasteiger partial charge in [0.2, 0.25) is 0 Å². The van der Waals surface area contributed by atoms with Gasteiger partial charge in [0.1, 0.15) is 5.82 Å². The van der Waals surface area contributed by atoms with Crippen LogP contribution in [0.25, 0.3) is 39.5 Å². The Bertz CT molecular complexity index is 1340. The molecule has 2 heteroatoms. The number of rotatable bonds is 4. The van der Waals surface area contributed by atoms with Crippen molar-refractivity contribution >= 4 is 0 Å². The van der Waals surface area contributed by atoms with Gasteiger partial charge in [-0.25, -0.2) is 4.98 Å². The highest BCUT2D eigenvalue weighted by atomic mass is 15.1. The summed E-state index contributed by atoms with van der Waals surface area (Å²) in [6.07, 6.45) is 1.99. The van der Waals surface area contributed by atoms with Gasteiger partial charge in [-0.05, 0) is 34.2 Å². The molecule has 162 valence electrons. The maximum absolute atomic E-state index is 4.88. The van der Waals surface area contributed by atoms with Crippen LogP contribution in [0, 0.1) is 0 Å². The quantitative estimate of drug-likeness (QED) is 0.282. The molecule has 2 nitrogen and oxygen atoms in total. The van der Waals surface area contributed by atoms with Crippen LogP contribution in [0.5, 0.6) is 0 Å². The molecule has 0 saturated heterocycles. The smallest absolute Gasteiger partial charge is 0.144 e. The minimum absolute atomic E-state index is 0.129. The summed E-state index contributed by atoms with van der Waals surface area (Å²) in [5.74, 6) is 0.940. The number of imidazole rings is 1. The summed E-state index contributed by atoms with van der Waals surface area (Å²) < 4.78 is 2.25. The predicted octanol–water partition coefficient (Wildman–Crippen LogP) is 8.17. The lowest BCUT2D eigenvalue weighted by molar-refractivity contribution is 0.590. The number of para-hydroxylation sites is 1. The Morgan fingerprint density at radius 2 is 1.06 bits per heavy atom. The van der Waals surface area contributed by atoms with E-state index in [1.165, 1.54) is 16.7 Å². The first-order chi connectivity index (χ1) is 16.0. The Balaban J connectivity index is 1.60. The van der Waals surface area contributed by atoms with Gasteiger partial charge in [0.25, 0.3) is 0 Å². The summed E-state index contributed by atoms with van der Waals surface area (Å²) in [5.41, 5.74) is 8.32. The van der Waals surface area contributed by atoms with Gasteiger partial charge in [-0.3, -0.25) is 4.57 Å². The van der Waals surface area contributed by atoms with Crippen molar-refractivity contribution < 1.29 is 0 Å². The van der Waals surface area contributed by atoms with Crippen molar-refractivity contribution in [2.45, 2.75) is 26.2 Å². The Kier molecular flexibility index (Phi) is 5.43. The summed E-state index contributed by atoms with van der Waals surface area (Å²) in [4.78, 5) is 4.88. The molecule has 33 heavy (non-hydrogen) atoms. The molecular weight excluding hydrogens is 400 g/mol. The third-order valence-corrected chi connectivity index (χ3v) is 6.07.